The van der Waals surface area contributed by atoms with Crippen LogP contribution in [0.3, 0.4) is 0 Å². The molecule has 3 heterocycles. The molecule has 0 unspecified atom stereocenters. The Kier molecular flexibility index (Phi) is 8.60. The zero-order chi connectivity index (χ0) is 28.3. The van der Waals surface area contributed by atoms with Crippen LogP contribution in [0.15, 0.2) is 47.8 Å². The lowest BCUT2D eigenvalue weighted by Crippen LogP contribution is -2.42. The van der Waals surface area contributed by atoms with E-state index in [2.05, 4.69) is 5.32 Å². The predicted octanol–water partition coefficient (Wildman–Crippen LogP) is 5.20. The molecule has 0 atom stereocenters. The Hall–Kier alpha value is -3.19. The number of hydrogen-bond donors (Lipinski definition) is 1. The molecule has 1 N–H and O–H groups in total. The minimum atomic E-state index is -3.36. The lowest BCUT2D eigenvalue weighted by atomic mass is 10.1. The van der Waals surface area contributed by atoms with Gasteiger partial charge in [-0.05, 0) is 43.0 Å². The molecule has 3 aliphatic rings. The minimum Gasteiger partial charge on any atom is -0.479 e. The highest BCUT2D eigenvalue weighted by atomic mass is 32.2. The first kappa shape index (κ1) is 28.3. The first-order valence-corrected chi connectivity index (χ1v) is 16.2. The third-order valence-corrected chi connectivity index (χ3v) is 10.7. The summed E-state index contributed by atoms with van der Waals surface area (Å²) in [4.78, 5) is 25.6. The van der Waals surface area contributed by atoms with Gasteiger partial charge in [0.1, 0.15) is 0 Å². The molecule has 1 aromatic carbocycles. The number of carbonyl (C=O) groups is 2. The van der Waals surface area contributed by atoms with Crippen molar-refractivity contribution in [2.45, 2.75) is 31.6 Å². The largest absolute Gasteiger partial charge is 0.479 e. The van der Waals surface area contributed by atoms with Crippen LogP contribution >= 0.6 is 22.7 Å². The van der Waals surface area contributed by atoms with E-state index in [1.54, 1.807) is 11.2 Å². The molecule has 12 heteroatoms. The van der Waals surface area contributed by atoms with Gasteiger partial charge in [0, 0.05) is 39.8 Å². The molecule has 1 aromatic heterocycles. The SMILES string of the molecule is CCOC(=O)COc1c(C(=O)OC)sc2cc3cc(NC4CCN(S(=O)(=O)Cc5ccccc5)CC4)csc-3c12. The van der Waals surface area contributed by atoms with Crippen molar-refractivity contribution < 1.29 is 32.2 Å². The number of rotatable bonds is 10. The van der Waals surface area contributed by atoms with Gasteiger partial charge in [0.05, 0.1) is 24.9 Å². The molecule has 0 bridgehead atoms. The number of anilines is 1. The van der Waals surface area contributed by atoms with E-state index in [4.69, 9.17) is 14.2 Å². The fourth-order valence-corrected chi connectivity index (χ4v) is 8.53. The minimum absolute atomic E-state index is 0.0155. The molecule has 1 aliphatic carbocycles. The molecule has 9 nitrogen and oxygen atoms in total. The van der Waals surface area contributed by atoms with Crippen LogP contribution < -0.4 is 10.1 Å². The van der Waals surface area contributed by atoms with Crippen LogP contribution in [0, 0.1) is 0 Å². The van der Waals surface area contributed by atoms with Gasteiger partial charge in [-0.25, -0.2) is 22.3 Å². The Labute approximate surface area is 241 Å². The summed E-state index contributed by atoms with van der Waals surface area (Å²) in [5.41, 5.74) is 2.72. The molecule has 2 aromatic rings. The fourth-order valence-electron chi connectivity index (χ4n) is 4.82. The number of thiophene rings is 1. The van der Waals surface area contributed by atoms with Crippen molar-refractivity contribution in [2.24, 2.45) is 0 Å². The molecule has 1 fully saturated rings. The molecule has 1 saturated heterocycles. The quantitative estimate of drug-likeness (QED) is 0.247. The number of piperidine rings is 1. The average molecular weight is 603 g/mol. The second kappa shape index (κ2) is 12.1. The first-order valence-electron chi connectivity index (χ1n) is 12.9. The van der Waals surface area contributed by atoms with Gasteiger partial charge in [0.25, 0.3) is 0 Å². The molecule has 212 valence electrons. The summed E-state index contributed by atoms with van der Waals surface area (Å²) in [5, 5.41) is 6.35. The number of carbonyl (C=O) groups excluding carboxylic acids is 2. The van der Waals surface area contributed by atoms with Gasteiger partial charge in [-0.3, -0.25) is 0 Å². The normalized spacial score (nSPS) is 14.8. The number of benzene rings is 1. The van der Waals surface area contributed by atoms with Crippen LogP contribution in [0.25, 0.3) is 20.5 Å². The summed E-state index contributed by atoms with van der Waals surface area (Å²) in [5.74, 6) is -0.686. The van der Waals surface area contributed by atoms with E-state index in [-0.39, 0.29) is 25.0 Å². The summed E-state index contributed by atoms with van der Waals surface area (Å²) in [7, 11) is -2.05. The maximum absolute atomic E-state index is 12.9. The van der Waals surface area contributed by atoms with Crippen molar-refractivity contribution in [1.29, 1.82) is 0 Å². The van der Waals surface area contributed by atoms with Crippen LogP contribution in [-0.4, -0.2) is 64.1 Å². The molecule has 0 spiro atoms. The van der Waals surface area contributed by atoms with E-state index in [0.717, 1.165) is 31.8 Å². The standard InChI is InChI=1S/C28H30N2O7S3/c1-3-36-23(31)15-37-25-24-22(39-27(25)28(32)35-2)14-19-13-21(16-38-26(19)24)29-20-9-11-30(12-10-20)40(33,34)17-18-7-5-4-6-8-18/h4-8,13-14,16,20,29H,3,9-12,15,17H2,1-2H3. The molecular weight excluding hydrogens is 573 g/mol. The van der Waals surface area contributed by atoms with Crippen LogP contribution in [0.1, 0.15) is 35.0 Å². The van der Waals surface area contributed by atoms with Gasteiger partial charge in [0.15, 0.2) is 17.2 Å². The third kappa shape index (κ3) is 6.09. The van der Waals surface area contributed by atoms with E-state index in [1.165, 1.54) is 29.8 Å². The van der Waals surface area contributed by atoms with Crippen LogP contribution in [0.5, 0.6) is 5.75 Å². The second-order valence-corrected chi connectivity index (χ2v) is 13.3. The summed E-state index contributed by atoms with van der Waals surface area (Å²) in [6, 6.07) is 13.4. The van der Waals surface area contributed by atoms with E-state index in [1.807, 2.05) is 47.8 Å². The molecule has 0 radical (unpaired) electrons. The highest BCUT2D eigenvalue weighted by Crippen LogP contribution is 2.49. The molecule has 40 heavy (non-hydrogen) atoms. The van der Waals surface area contributed by atoms with E-state index in [9.17, 15) is 18.0 Å². The lowest BCUT2D eigenvalue weighted by molar-refractivity contribution is -0.145. The Morgan fingerprint density at radius 2 is 1.88 bits per heavy atom. The number of esters is 2. The number of hydrogen-bond acceptors (Lipinski definition) is 10. The highest BCUT2D eigenvalue weighted by Gasteiger charge is 2.29. The zero-order valence-corrected chi connectivity index (χ0v) is 24.6. The Morgan fingerprint density at radius 3 is 2.58 bits per heavy atom. The van der Waals surface area contributed by atoms with Gasteiger partial charge in [-0.1, -0.05) is 30.3 Å². The summed E-state index contributed by atoms with van der Waals surface area (Å²) in [6.07, 6.45) is 1.42. The van der Waals surface area contributed by atoms with Crippen LogP contribution in [0.4, 0.5) is 5.69 Å². The van der Waals surface area contributed by atoms with Gasteiger partial charge in [-0.15, -0.1) is 22.7 Å². The lowest BCUT2D eigenvalue weighted by Gasteiger charge is -2.32. The molecule has 0 amide bonds. The summed E-state index contributed by atoms with van der Waals surface area (Å²) in [6.45, 7) is 2.60. The van der Waals surface area contributed by atoms with Crippen LogP contribution in [-0.2, 0) is 30.0 Å². The Morgan fingerprint density at radius 1 is 1.12 bits per heavy atom. The summed E-state index contributed by atoms with van der Waals surface area (Å²) < 4.78 is 43.9. The van der Waals surface area contributed by atoms with Crippen molar-refractivity contribution in [3.8, 4) is 16.2 Å². The van der Waals surface area contributed by atoms with Gasteiger partial charge >= 0.3 is 11.9 Å². The van der Waals surface area contributed by atoms with Gasteiger partial charge in [-0.2, -0.15) is 0 Å². The Balaban J connectivity index is 1.29. The highest BCUT2D eigenvalue weighted by molar-refractivity contribution is 7.88. The fraction of sp³-hybridized carbons (Fsp3) is 0.357. The third-order valence-electron chi connectivity index (χ3n) is 6.70. The average Bonchev–Trinajstić information content (AvgIpc) is 3.48. The smallest absolute Gasteiger partial charge is 0.351 e. The molecule has 5 rings (SSSR count). The summed E-state index contributed by atoms with van der Waals surface area (Å²) >= 11 is 2.78. The van der Waals surface area contributed by atoms with Crippen LogP contribution in [0.2, 0.25) is 0 Å². The topological polar surface area (TPSA) is 111 Å². The number of methoxy groups -OCH3 is 1. The van der Waals surface area contributed by atoms with Crippen molar-refractivity contribution >= 4 is 60.4 Å². The van der Waals surface area contributed by atoms with E-state index >= 15 is 0 Å². The van der Waals surface area contributed by atoms with Crippen molar-refractivity contribution in [2.75, 3.05) is 38.7 Å². The number of ether oxygens (including phenoxy) is 3. The van der Waals surface area contributed by atoms with Crippen molar-refractivity contribution in [1.82, 2.24) is 4.31 Å². The zero-order valence-electron chi connectivity index (χ0n) is 22.2. The Bertz CT molecular complexity index is 1570. The second-order valence-electron chi connectivity index (χ2n) is 9.41. The number of fused-ring (bicyclic) bond motifs is 3. The van der Waals surface area contributed by atoms with Gasteiger partial charge in [0.2, 0.25) is 10.0 Å². The monoisotopic (exact) mass is 602 g/mol. The number of sulfonamides is 1. The van der Waals surface area contributed by atoms with E-state index in [0.29, 0.717) is 36.6 Å². The van der Waals surface area contributed by atoms with Gasteiger partial charge < -0.3 is 19.5 Å². The molecular formula is C28H30N2O7S3. The maximum atomic E-state index is 12.9. The first-order chi connectivity index (χ1) is 19.3. The molecule has 0 saturated carbocycles. The molecule has 2 aliphatic heterocycles. The van der Waals surface area contributed by atoms with E-state index < -0.39 is 22.0 Å². The van der Waals surface area contributed by atoms with Crippen molar-refractivity contribution in [3.63, 3.8) is 0 Å². The predicted molar refractivity (Wildman–Crippen MR) is 157 cm³/mol. The maximum Gasteiger partial charge on any atom is 0.351 e. The number of nitrogens with one attached hydrogen (secondary N) is 1. The van der Waals surface area contributed by atoms with Crippen molar-refractivity contribution in [3.05, 3.63) is 58.3 Å². The number of nitrogens with zero attached hydrogens (tertiary/aromatic N) is 1.